The third-order valence-electron chi connectivity index (χ3n) is 4.41. The largest absolute Gasteiger partial charge is 0.504 e. The zero-order chi connectivity index (χ0) is 22.4. The second kappa shape index (κ2) is 10.4. The first-order chi connectivity index (χ1) is 14.9. The SMILES string of the molecule is C=CCc1cc(/C=C2\SC(=O)N(CCOc3ccc(Cl)cc3)C2=O)cc(OCC)c1O. The van der Waals surface area contributed by atoms with E-state index in [-0.39, 0.29) is 30.0 Å². The number of carbonyl (C=O) groups excluding carboxylic acids is 2. The molecular weight excluding hydrogens is 438 g/mol. The van der Waals surface area contributed by atoms with Gasteiger partial charge in [-0.25, -0.2) is 0 Å². The molecule has 1 aliphatic rings. The first-order valence-electron chi connectivity index (χ1n) is 9.66. The van der Waals surface area contributed by atoms with Crippen LogP contribution in [0.5, 0.6) is 17.2 Å². The van der Waals surface area contributed by atoms with Gasteiger partial charge in [0.1, 0.15) is 12.4 Å². The molecule has 0 saturated carbocycles. The number of benzene rings is 2. The van der Waals surface area contributed by atoms with Crippen LogP contribution in [0.1, 0.15) is 18.1 Å². The van der Waals surface area contributed by atoms with E-state index in [4.69, 9.17) is 21.1 Å². The number of phenolic OH excluding ortho intramolecular Hbond substituents is 1. The molecule has 0 bridgehead atoms. The van der Waals surface area contributed by atoms with Gasteiger partial charge in [-0.2, -0.15) is 0 Å². The molecule has 1 aliphatic heterocycles. The minimum Gasteiger partial charge on any atom is -0.504 e. The molecule has 0 aromatic heterocycles. The number of hydrogen-bond donors (Lipinski definition) is 1. The quantitative estimate of drug-likeness (QED) is 0.405. The summed E-state index contributed by atoms with van der Waals surface area (Å²) in [5, 5.41) is 10.6. The Morgan fingerprint density at radius 3 is 2.61 bits per heavy atom. The van der Waals surface area contributed by atoms with Crippen molar-refractivity contribution in [2.75, 3.05) is 19.8 Å². The molecule has 0 unspecified atom stereocenters. The lowest BCUT2D eigenvalue weighted by atomic mass is 10.1. The van der Waals surface area contributed by atoms with E-state index >= 15 is 0 Å². The number of aromatic hydroxyl groups is 1. The second-order valence-corrected chi connectivity index (χ2v) is 8.02. The number of ether oxygens (including phenoxy) is 2. The number of imide groups is 1. The topological polar surface area (TPSA) is 76.1 Å². The lowest BCUT2D eigenvalue weighted by Crippen LogP contribution is -2.32. The van der Waals surface area contributed by atoms with Crippen molar-refractivity contribution in [1.29, 1.82) is 0 Å². The molecule has 1 fully saturated rings. The number of nitrogens with zero attached hydrogens (tertiary/aromatic N) is 1. The second-order valence-electron chi connectivity index (χ2n) is 6.59. The summed E-state index contributed by atoms with van der Waals surface area (Å²) in [6.45, 7) is 6.20. The fourth-order valence-electron chi connectivity index (χ4n) is 2.98. The van der Waals surface area contributed by atoms with Gasteiger partial charge in [-0.15, -0.1) is 6.58 Å². The van der Waals surface area contributed by atoms with Crippen LogP contribution in [0.4, 0.5) is 4.79 Å². The van der Waals surface area contributed by atoms with Crippen molar-refractivity contribution in [2.24, 2.45) is 0 Å². The van der Waals surface area contributed by atoms with Crippen LogP contribution in [0.15, 0.2) is 54.0 Å². The van der Waals surface area contributed by atoms with Crippen LogP contribution in [0.25, 0.3) is 6.08 Å². The van der Waals surface area contributed by atoms with E-state index in [9.17, 15) is 14.7 Å². The van der Waals surface area contributed by atoms with Crippen molar-refractivity contribution >= 4 is 40.6 Å². The summed E-state index contributed by atoms with van der Waals surface area (Å²) in [6.07, 6.45) is 3.74. The molecule has 0 aliphatic carbocycles. The van der Waals surface area contributed by atoms with Crippen LogP contribution in [0.2, 0.25) is 5.02 Å². The van der Waals surface area contributed by atoms with Crippen molar-refractivity contribution in [3.63, 3.8) is 0 Å². The van der Waals surface area contributed by atoms with Crippen LogP contribution in [0.3, 0.4) is 0 Å². The van der Waals surface area contributed by atoms with E-state index in [0.717, 1.165) is 16.7 Å². The highest BCUT2D eigenvalue weighted by atomic mass is 35.5. The van der Waals surface area contributed by atoms with E-state index < -0.39 is 0 Å². The summed E-state index contributed by atoms with van der Waals surface area (Å²) in [5.74, 6) is 0.593. The average molecular weight is 460 g/mol. The number of phenols is 1. The van der Waals surface area contributed by atoms with E-state index in [1.165, 1.54) is 0 Å². The minimum atomic E-state index is -0.383. The van der Waals surface area contributed by atoms with Crippen molar-refractivity contribution in [1.82, 2.24) is 4.90 Å². The third kappa shape index (κ3) is 5.62. The monoisotopic (exact) mass is 459 g/mol. The molecule has 6 nitrogen and oxygen atoms in total. The van der Waals surface area contributed by atoms with Gasteiger partial charge in [0, 0.05) is 10.6 Å². The number of carbonyl (C=O) groups is 2. The minimum absolute atomic E-state index is 0.0475. The normalized spacial score (nSPS) is 14.9. The zero-order valence-corrected chi connectivity index (χ0v) is 18.5. The van der Waals surface area contributed by atoms with Gasteiger partial charge in [0.2, 0.25) is 0 Å². The standard InChI is InChI=1S/C23H22ClNO5S/c1-3-5-16-12-15(13-19(21(16)26)29-4-2)14-20-22(27)25(23(28)31-20)10-11-30-18-8-6-17(24)7-9-18/h3,6-9,12-14,26H,1,4-5,10-11H2,2H3/b20-14-. The molecular formula is C23H22ClNO5S. The molecule has 1 N–H and O–H groups in total. The summed E-state index contributed by atoms with van der Waals surface area (Å²) in [7, 11) is 0. The molecule has 2 aromatic carbocycles. The smallest absolute Gasteiger partial charge is 0.293 e. The number of thioether (sulfide) groups is 1. The van der Waals surface area contributed by atoms with E-state index in [2.05, 4.69) is 6.58 Å². The van der Waals surface area contributed by atoms with Crippen molar-refractivity contribution in [3.05, 3.63) is 70.1 Å². The van der Waals surface area contributed by atoms with Crippen molar-refractivity contribution in [3.8, 4) is 17.2 Å². The van der Waals surface area contributed by atoms with Crippen LogP contribution in [-0.4, -0.2) is 40.9 Å². The molecule has 31 heavy (non-hydrogen) atoms. The lowest BCUT2D eigenvalue weighted by Gasteiger charge is -2.13. The Labute approximate surface area is 190 Å². The highest BCUT2D eigenvalue weighted by Gasteiger charge is 2.34. The summed E-state index contributed by atoms with van der Waals surface area (Å²) in [6, 6.07) is 10.2. The lowest BCUT2D eigenvalue weighted by molar-refractivity contribution is -0.123. The molecule has 162 valence electrons. The molecule has 1 heterocycles. The summed E-state index contributed by atoms with van der Waals surface area (Å²) < 4.78 is 11.1. The van der Waals surface area contributed by atoms with Crippen LogP contribution in [0, 0.1) is 0 Å². The van der Waals surface area contributed by atoms with Crippen LogP contribution < -0.4 is 9.47 Å². The maximum atomic E-state index is 12.7. The van der Waals surface area contributed by atoms with Gasteiger partial charge in [-0.1, -0.05) is 17.7 Å². The van der Waals surface area contributed by atoms with Gasteiger partial charge in [0.25, 0.3) is 11.1 Å². The van der Waals surface area contributed by atoms with Gasteiger partial charge in [0.15, 0.2) is 11.5 Å². The Balaban J connectivity index is 1.73. The van der Waals surface area contributed by atoms with E-state index in [1.807, 2.05) is 6.92 Å². The molecule has 2 amide bonds. The zero-order valence-electron chi connectivity index (χ0n) is 17.0. The van der Waals surface area contributed by atoms with Crippen LogP contribution >= 0.6 is 23.4 Å². The Hall–Kier alpha value is -2.90. The van der Waals surface area contributed by atoms with Gasteiger partial charge in [-0.3, -0.25) is 14.5 Å². The summed E-state index contributed by atoms with van der Waals surface area (Å²) in [4.78, 5) is 26.5. The molecule has 8 heteroatoms. The molecule has 3 rings (SSSR count). The Bertz CT molecular complexity index is 1020. The van der Waals surface area contributed by atoms with Crippen LogP contribution in [-0.2, 0) is 11.2 Å². The molecule has 1 saturated heterocycles. The summed E-state index contributed by atoms with van der Waals surface area (Å²) >= 11 is 6.71. The number of halogens is 1. The summed E-state index contributed by atoms with van der Waals surface area (Å²) in [5.41, 5.74) is 1.28. The molecule has 2 aromatic rings. The predicted octanol–water partition coefficient (Wildman–Crippen LogP) is 5.29. The highest BCUT2D eigenvalue weighted by molar-refractivity contribution is 8.18. The molecule has 0 spiro atoms. The van der Waals surface area contributed by atoms with E-state index in [1.54, 1.807) is 48.6 Å². The van der Waals surface area contributed by atoms with Gasteiger partial charge in [-0.05, 0) is 73.1 Å². The number of rotatable bonds is 9. The predicted molar refractivity (Wildman–Crippen MR) is 123 cm³/mol. The fraction of sp³-hybridized carbons (Fsp3) is 0.217. The first-order valence-corrected chi connectivity index (χ1v) is 10.9. The Kier molecular flexibility index (Phi) is 7.65. The van der Waals surface area contributed by atoms with Crippen molar-refractivity contribution in [2.45, 2.75) is 13.3 Å². The Morgan fingerprint density at radius 1 is 1.19 bits per heavy atom. The number of amides is 2. The van der Waals surface area contributed by atoms with E-state index in [0.29, 0.717) is 45.6 Å². The fourth-order valence-corrected chi connectivity index (χ4v) is 3.97. The average Bonchev–Trinajstić information content (AvgIpc) is 3.00. The van der Waals surface area contributed by atoms with Gasteiger partial charge < -0.3 is 14.6 Å². The maximum Gasteiger partial charge on any atom is 0.293 e. The Morgan fingerprint density at radius 2 is 1.94 bits per heavy atom. The number of hydrogen-bond acceptors (Lipinski definition) is 6. The number of allylic oxidation sites excluding steroid dienone is 1. The molecule has 0 radical (unpaired) electrons. The third-order valence-corrected chi connectivity index (χ3v) is 5.57. The maximum absolute atomic E-state index is 12.7. The highest BCUT2D eigenvalue weighted by Crippen LogP contribution is 2.36. The molecule has 0 atom stereocenters. The van der Waals surface area contributed by atoms with Gasteiger partial charge >= 0.3 is 0 Å². The van der Waals surface area contributed by atoms with Crippen molar-refractivity contribution < 1.29 is 24.2 Å². The first kappa shape index (κ1) is 22.8. The van der Waals surface area contributed by atoms with Gasteiger partial charge in [0.05, 0.1) is 18.1 Å².